The zero-order valence-electron chi connectivity index (χ0n) is 24.6. The van der Waals surface area contributed by atoms with Crippen LogP contribution < -0.4 is 0 Å². The maximum atomic E-state index is 4.40. The number of hydrogen-bond acceptors (Lipinski definition) is 1. The molecule has 0 saturated carbocycles. The number of para-hydroxylation sites is 1. The third-order valence-corrected chi connectivity index (χ3v) is 9.04. The Balaban J connectivity index is 1.31. The molecule has 0 atom stereocenters. The van der Waals surface area contributed by atoms with E-state index in [1.807, 2.05) is 18.5 Å². The number of hydrogen-bond donors (Lipinski definition) is 0. The molecule has 45 heavy (non-hydrogen) atoms. The predicted molar refractivity (Wildman–Crippen MR) is 188 cm³/mol. The van der Waals surface area contributed by atoms with Crippen molar-refractivity contribution in [2.24, 2.45) is 0 Å². The molecule has 2 nitrogen and oxygen atoms in total. The molecule has 9 rings (SSSR count). The van der Waals surface area contributed by atoms with Crippen molar-refractivity contribution in [1.82, 2.24) is 9.55 Å². The second-order valence-electron chi connectivity index (χ2n) is 11.6. The van der Waals surface area contributed by atoms with Crippen LogP contribution in [0.1, 0.15) is 16.7 Å². The van der Waals surface area contributed by atoms with Crippen LogP contribution >= 0.6 is 0 Å². The van der Waals surface area contributed by atoms with Gasteiger partial charge in [0.05, 0.1) is 11.0 Å². The third kappa shape index (κ3) is 4.15. The molecule has 0 aliphatic heterocycles. The Morgan fingerprint density at radius 3 is 2.02 bits per heavy atom. The SMILES string of the molecule is C(=C1c2ccccc2-c2ccc(-c3cccc4c3c3cc(-c5cccnc5)ccc3n4-c3ccccc3)cc21)c1ccccc1. The number of fused-ring (bicyclic) bond motifs is 6. The van der Waals surface area contributed by atoms with Crippen LogP contribution in [0.4, 0.5) is 0 Å². The fourth-order valence-electron chi connectivity index (χ4n) is 7.02. The maximum Gasteiger partial charge on any atom is 0.0547 e. The molecule has 1 aliphatic carbocycles. The van der Waals surface area contributed by atoms with E-state index >= 15 is 0 Å². The van der Waals surface area contributed by atoms with Crippen molar-refractivity contribution in [1.29, 1.82) is 0 Å². The minimum absolute atomic E-state index is 1.11. The first kappa shape index (κ1) is 25.5. The first-order chi connectivity index (χ1) is 22.3. The largest absolute Gasteiger partial charge is 0.309 e. The molecule has 1 aliphatic rings. The number of aromatic nitrogens is 2. The van der Waals surface area contributed by atoms with E-state index in [9.17, 15) is 0 Å². The fourth-order valence-corrected chi connectivity index (χ4v) is 7.02. The van der Waals surface area contributed by atoms with Gasteiger partial charge in [-0.15, -0.1) is 0 Å². The van der Waals surface area contributed by atoms with Gasteiger partial charge in [-0.1, -0.05) is 109 Å². The second kappa shape index (κ2) is 10.3. The molecular formula is C43H28N2. The van der Waals surface area contributed by atoms with Crippen LogP contribution in [-0.2, 0) is 0 Å². The Morgan fingerprint density at radius 2 is 1.20 bits per heavy atom. The monoisotopic (exact) mass is 572 g/mol. The van der Waals surface area contributed by atoms with Gasteiger partial charge < -0.3 is 4.57 Å². The van der Waals surface area contributed by atoms with E-state index in [0.29, 0.717) is 0 Å². The smallest absolute Gasteiger partial charge is 0.0547 e. The first-order valence-electron chi connectivity index (χ1n) is 15.4. The highest BCUT2D eigenvalue weighted by molar-refractivity contribution is 6.17. The average molecular weight is 573 g/mol. The van der Waals surface area contributed by atoms with Gasteiger partial charge in [0.1, 0.15) is 0 Å². The van der Waals surface area contributed by atoms with Gasteiger partial charge in [0.25, 0.3) is 0 Å². The van der Waals surface area contributed by atoms with E-state index < -0.39 is 0 Å². The van der Waals surface area contributed by atoms with Gasteiger partial charge in [-0.25, -0.2) is 0 Å². The van der Waals surface area contributed by atoms with Crippen molar-refractivity contribution in [3.63, 3.8) is 0 Å². The van der Waals surface area contributed by atoms with Crippen LogP contribution in [-0.4, -0.2) is 9.55 Å². The lowest BCUT2D eigenvalue weighted by Crippen LogP contribution is -1.93. The zero-order valence-corrected chi connectivity index (χ0v) is 24.6. The molecule has 0 fully saturated rings. The van der Waals surface area contributed by atoms with Crippen molar-refractivity contribution >= 4 is 33.5 Å². The van der Waals surface area contributed by atoms with Crippen molar-refractivity contribution in [2.45, 2.75) is 0 Å². The zero-order chi connectivity index (χ0) is 29.7. The number of nitrogens with zero attached hydrogens (tertiary/aromatic N) is 2. The highest BCUT2D eigenvalue weighted by Crippen LogP contribution is 2.47. The summed E-state index contributed by atoms with van der Waals surface area (Å²) in [6.45, 7) is 0. The third-order valence-electron chi connectivity index (χ3n) is 9.04. The number of benzene rings is 6. The Morgan fingerprint density at radius 1 is 0.467 bits per heavy atom. The molecule has 0 N–H and O–H groups in total. The van der Waals surface area contributed by atoms with Crippen LogP contribution in [0.25, 0.3) is 72.5 Å². The summed E-state index contributed by atoms with van der Waals surface area (Å²) in [6, 6.07) is 54.7. The van der Waals surface area contributed by atoms with E-state index in [4.69, 9.17) is 0 Å². The Hall–Kier alpha value is -5.99. The Labute approximate surface area is 262 Å². The van der Waals surface area contributed by atoms with E-state index in [0.717, 1.165) is 16.8 Å². The van der Waals surface area contributed by atoms with E-state index in [-0.39, 0.29) is 0 Å². The molecular weight excluding hydrogens is 544 g/mol. The molecule has 0 unspecified atom stereocenters. The van der Waals surface area contributed by atoms with E-state index in [1.54, 1.807) is 0 Å². The van der Waals surface area contributed by atoms with Gasteiger partial charge in [0.2, 0.25) is 0 Å². The van der Waals surface area contributed by atoms with Gasteiger partial charge >= 0.3 is 0 Å². The summed E-state index contributed by atoms with van der Waals surface area (Å²) in [6.07, 6.45) is 6.10. The van der Waals surface area contributed by atoms with Crippen LogP contribution in [0.15, 0.2) is 164 Å². The van der Waals surface area contributed by atoms with Gasteiger partial charge in [-0.3, -0.25) is 4.98 Å². The van der Waals surface area contributed by atoms with Crippen LogP contribution in [0.3, 0.4) is 0 Å². The van der Waals surface area contributed by atoms with Gasteiger partial charge in [0, 0.05) is 34.4 Å². The highest BCUT2D eigenvalue weighted by atomic mass is 15.0. The summed E-state index contributed by atoms with van der Waals surface area (Å²) in [5.41, 5.74) is 15.9. The summed E-state index contributed by atoms with van der Waals surface area (Å²) < 4.78 is 2.39. The van der Waals surface area contributed by atoms with Gasteiger partial charge in [-0.2, -0.15) is 0 Å². The average Bonchev–Trinajstić information content (AvgIpc) is 3.61. The Kier molecular flexibility index (Phi) is 5.85. The summed E-state index contributed by atoms with van der Waals surface area (Å²) in [5.74, 6) is 0. The van der Waals surface area contributed by atoms with Crippen molar-refractivity contribution in [3.8, 4) is 39.1 Å². The molecule has 2 heterocycles. The summed E-state index contributed by atoms with van der Waals surface area (Å²) in [4.78, 5) is 4.40. The van der Waals surface area contributed by atoms with Crippen LogP contribution in [0, 0.1) is 0 Å². The van der Waals surface area contributed by atoms with Crippen molar-refractivity contribution in [3.05, 3.63) is 181 Å². The molecule has 2 heteroatoms. The van der Waals surface area contributed by atoms with Gasteiger partial charge in [0.15, 0.2) is 0 Å². The molecule has 0 radical (unpaired) electrons. The van der Waals surface area contributed by atoms with Gasteiger partial charge in [-0.05, 0) is 98.6 Å². The molecule has 0 bridgehead atoms. The maximum absolute atomic E-state index is 4.40. The molecule has 0 saturated heterocycles. The summed E-state index contributed by atoms with van der Waals surface area (Å²) >= 11 is 0. The lowest BCUT2D eigenvalue weighted by atomic mass is 9.94. The van der Waals surface area contributed by atoms with Crippen molar-refractivity contribution < 1.29 is 0 Å². The lowest BCUT2D eigenvalue weighted by Gasteiger charge is -2.10. The second-order valence-corrected chi connectivity index (χ2v) is 11.6. The van der Waals surface area contributed by atoms with Crippen molar-refractivity contribution in [2.75, 3.05) is 0 Å². The molecule has 8 aromatic rings. The van der Waals surface area contributed by atoms with E-state index in [1.165, 1.54) is 66.3 Å². The summed E-state index contributed by atoms with van der Waals surface area (Å²) in [5, 5.41) is 2.49. The lowest BCUT2D eigenvalue weighted by molar-refractivity contribution is 1.18. The molecule has 2 aromatic heterocycles. The minimum atomic E-state index is 1.11. The molecule has 6 aromatic carbocycles. The number of pyridine rings is 1. The number of rotatable bonds is 4. The standard InChI is InChI=1S/C43H28N2/c1-3-11-29(12-4-1)25-38-36-17-8-7-16-35(36)37-22-20-31(27-39(37)38)34-18-9-19-42-43(34)40-26-30(32-13-10-24-44-28-32)21-23-41(40)45(42)33-14-5-2-6-15-33/h1-28H. The molecule has 210 valence electrons. The topological polar surface area (TPSA) is 17.8 Å². The van der Waals surface area contributed by atoms with Crippen LogP contribution in [0.2, 0.25) is 0 Å². The molecule has 0 spiro atoms. The predicted octanol–water partition coefficient (Wildman–Crippen LogP) is 11.1. The highest BCUT2D eigenvalue weighted by Gasteiger charge is 2.24. The quantitative estimate of drug-likeness (QED) is 0.205. The molecule has 0 amide bonds. The summed E-state index contributed by atoms with van der Waals surface area (Å²) in [7, 11) is 0. The fraction of sp³-hybridized carbons (Fsp3) is 0. The van der Waals surface area contributed by atoms with E-state index in [2.05, 4.69) is 161 Å². The minimum Gasteiger partial charge on any atom is -0.309 e. The Bertz CT molecular complexity index is 2400. The first-order valence-corrected chi connectivity index (χ1v) is 15.4. The van der Waals surface area contributed by atoms with Crippen LogP contribution in [0.5, 0.6) is 0 Å². The normalized spacial score (nSPS) is 12.9.